The monoisotopic (exact) mass is 224 g/mol. The Bertz CT molecular complexity index is 155. The normalized spacial score (nSPS) is 19.8. The molecule has 0 aliphatic heterocycles. The minimum absolute atomic E-state index is 0.835. The van der Waals surface area contributed by atoms with Crippen molar-refractivity contribution in [2.45, 2.75) is 64.2 Å². The van der Waals surface area contributed by atoms with Gasteiger partial charge in [0.05, 0.1) is 0 Å². The lowest BCUT2D eigenvalue weighted by Crippen LogP contribution is -2.10. The van der Waals surface area contributed by atoms with E-state index in [1.807, 2.05) is 6.08 Å². The maximum Gasteiger partial charge on any atom is 0.0494 e. The Labute approximate surface area is 101 Å². The Balaban J connectivity index is 2.05. The molecule has 0 heterocycles. The van der Waals surface area contributed by atoms with Gasteiger partial charge in [0.1, 0.15) is 0 Å². The summed E-state index contributed by atoms with van der Waals surface area (Å²) in [5, 5.41) is 0. The Kier molecular flexibility index (Phi) is 8.51. The summed E-state index contributed by atoms with van der Waals surface area (Å²) >= 11 is 0. The number of hydrogen-bond acceptors (Lipinski definition) is 1. The molecule has 1 aliphatic rings. The van der Waals surface area contributed by atoms with E-state index in [0.717, 1.165) is 32.0 Å². The molecular formula is C15H28O. The lowest BCUT2D eigenvalue weighted by Gasteiger charge is -2.15. The zero-order chi connectivity index (χ0) is 11.5. The fourth-order valence-corrected chi connectivity index (χ4v) is 2.46. The van der Waals surface area contributed by atoms with Crippen LogP contribution in [0.2, 0.25) is 0 Å². The lowest BCUT2D eigenvalue weighted by molar-refractivity contribution is 0.0904. The van der Waals surface area contributed by atoms with Gasteiger partial charge in [0, 0.05) is 13.2 Å². The Hall–Kier alpha value is -0.300. The molecule has 0 amide bonds. The van der Waals surface area contributed by atoms with Gasteiger partial charge in [-0.05, 0) is 31.6 Å². The number of rotatable bonds is 6. The molecule has 0 saturated heterocycles. The van der Waals surface area contributed by atoms with Gasteiger partial charge in [0.2, 0.25) is 0 Å². The third kappa shape index (κ3) is 7.05. The first-order valence-corrected chi connectivity index (χ1v) is 7.12. The van der Waals surface area contributed by atoms with Gasteiger partial charge < -0.3 is 4.74 Å². The fourth-order valence-electron chi connectivity index (χ4n) is 2.46. The van der Waals surface area contributed by atoms with Crippen LogP contribution in [0.4, 0.5) is 0 Å². The van der Waals surface area contributed by atoms with Gasteiger partial charge in [0.25, 0.3) is 0 Å². The van der Waals surface area contributed by atoms with E-state index in [2.05, 4.69) is 6.58 Å². The van der Waals surface area contributed by atoms with Crippen LogP contribution in [0.25, 0.3) is 0 Å². The standard InChI is InChI=1S/C15H28O/c1-2-3-10-13-16-14-15-11-8-6-4-5-7-9-12-15/h2,15H,1,3-14H2. The van der Waals surface area contributed by atoms with Crippen molar-refractivity contribution in [3.05, 3.63) is 12.7 Å². The third-order valence-electron chi connectivity index (χ3n) is 3.53. The molecule has 1 aliphatic carbocycles. The van der Waals surface area contributed by atoms with Gasteiger partial charge in [-0.1, -0.05) is 44.6 Å². The second-order valence-electron chi connectivity index (χ2n) is 5.07. The Morgan fingerprint density at radius 3 is 2.25 bits per heavy atom. The van der Waals surface area contributed by atoms with Crippen LogP contribution >= 0.6 is 0 Å². The van der Waals surface area contributed by atoms with Gasteiger partial charge in [-0.2, -0.15) is 0 Å². The van der Waals surface area contributed by atoms with Crippen LogP contribution in [0.3, 0.4) is 0 Å². The van der Waals surface area contributed by atoms with Crippen molar-refractivity contribution in [2.24, 2.45) is 5.92 Å². The highest BCUT2D eigenvalue weighted by molar-refractivity contribution is 4.66. The van der Waals surface area contributed by atoms with Crippen molar-refractivity contribution in [2.75, 3.05) is 13.2 Å². The van der Waals surface area contributed by atoms with Crippen molar-refractivity contribution < 1.29 is 4.74 Å². The van der Waals surface area contributed by atoms with Crippen LogP contribution in [0.1, 0.15) is 64.2 Å². The zero-order valence-corrected chi connectivity index (χ0v) is 10.8. The maximum absolute atomic E-state index is 5.76. The topological polar surface area (TPSA) is 9.23 Å². The lowest BCUT2D eigenvalue weighted by atomic mass is 9.98. The number of unbranched alkanes of at least 4 members (excludes halogenated alkanes) is 1. The summed E-state index contributed by atoms with van der Waals surface area (Å²) in [5.74, 6) is 0.835. The molecule has 0 radical (unpaired) electrons. The van der Waals surface area contributed by atoms with E-state index in [-0.39, 0.29) is 0 Å². The molecule has 0 N–H and O–H groups in total. The smallest absolute Gasteiger partial charge is 0.0494 e. The van der Waals surface area contributed by atoms with Gasteiger partial charge >= 0.3 is 0 Å². The van der Waals surface area contributed by atoms with Crippen LogP contribution in [0.5, 0.6) is 0 Å². The molecule has 0 spiro atoms. The average Bonchev–Trinajstić information content (AvgIpc) is 2.42. The van der Waals surface area contributed by atoms with Crippen LogP contribution in [0.15, 0.2) is 12.7 Å². The first-order chi connectivity index (χ1) is 7.93. The molecule has 1 saturated carbocycles. The van der Waals surface area contributed by atoms with Crippen molar-refractivity contribution >= 4 is 0 Å². The van der Waals surface area contributed by atoms with E-state index in [1.165, 1.54) is 51.4 Å². The van der Waals surface area contributed by atoms with Gasteiger partial charge in [-0.15, -0.1) is 6.58 Å². The van der Waals surface area contributed by atoms with Crippen LogP contribution in [-0.2, 0) is 4.74 Å². The van der Waals surface area contributed by atoms with Crippen molar-refractivity contribution in [3.8, 4) is 0 Å². The van der Waals surface area contributed by atoms with Crippen LogP contribution in [0, 0.1) is 5.92 Å². The second-order valence-corrected chi connectivity index (χ2v) is 5.07. The predicted octanol–water partition coefficient (Wildman–Crippen LogP) is 4.72. The first-order valence-electron chi connectivity index (χ1n) is 7.12. The molecule has 0 aromatic heterocycles. The quantitative estimate of drug-likeness (QED) is 0.468. The number of ether oxygens (including phenoxy) is 1. The largest absolute Gasteiger partial charge is 0.381 e. The van der Waals surface area contributed by atoms with Gasteiger partial charge in [-0.25, -0.2) is 0 Å². The van der Waals surface area contributed by atoms with Crippen molar-refractivity contribution in [1.29, 1.82) is 0 Å². The number of hydrogen-bond donors (Lipinski definition) is 0. The molecule has 1 rings (SSSR count). The summed E-state index contributed by atoms with van der Waals surface area (Å²) in [4.78, 5) is 0. The van der Waals surface area contributed by atoms with E-state index in [0.29, 0.717) is 0 Å². The van der Waals surface area contributed by atoms with Gasteiger partial charge in [-0.3, -0.25) is 0 Å². The average molecular weight is 224 g/mol. The highest BCUT2D eigenvalue weighted by Crippen LogP contribution is 2.22. The highest BCUT2D eigenvalue weighted by Gasteiger charge is 2.10. The highest BCUT2D eigenvalue weighted by atomic mass is 16.5. The Morgan fingerprint density at radius 1 is 1.00 bits per heavy atom. The van der Waals surface area contributed by atoms with Crippen LogP contribution < -0.4 is 0 Å². The molecule has 0 unspecified atom stereocenters. The maximum atomic E-state index is 5.76. The van der Waals surface area contributed by atoms with Gasteiger partial charge in [0.15, 0.2) is 0 Å². The second kappa shape index (κ2) is 9.89. The summed E-state index contributed by atoms with van der Waals surface area (Å²) in [6.45, 7) is 5.64. The van der Waals surface area contributed by atoms with E-state index in [4.69, 9.17) is 4.74 Å². The van der Waals surface area contributed by atoms with E-state index in [1.54, 1.807) is 0 Å². The molecule has 0 bridgehead atoms. The minimum Gasteiger partial charge on any atom is -0.381 e. The molecular weight excluding hydrogens is 196 g/mol. The first kappa shape index (κ1) is 13.8. The predicted molar refractivity (Wildman–Crippen MR) is 70.7 cm³/mol. The third-order valence-corrected chi connectivity index (χ3v) is 3.53. The summed E-state index contributed by atoms with van der Waals surface area (Å²) in [6, 6.07) is 0. The Morgan fingerprint density at radius 2 is 1.62 bits per heavy atom. The molecule has 1 nitrogen and oxygen atoms in total. The molecule has 1 fully saturated rings. The SMILES string of the molecule is C=CCCCOCC1CCCCCCCC1. The summed E-state index contributed by atoms with van der Waals surface area (Å²) in [7, 11) is 0. The molecule has 16 heavy (non-hydrogen) atoms. The number of allylic oxidation sites excluding steroid dienone is 1. The molecule has 1 heteroatoms. The van der Waals surface area contributed by atoms with Crippen molar-refractivity contribution in [3.63, 3.8) is 0 Å². The van der Waals surface area contributed by atoms with E-state index >= 15 is 0 Å². The van der Waals surface area contributed by atoms with Crippen molar-refractivity contribution in [1.82, 2.24) is 0 Å². The molecule has 0 aromatic carbocycles. The molecule has 0 aromatic rings. The zero-order valence-electron chi connectivity index (χ0n) is 10.8. The summed E-state index contributed by atoms with van der Waals surface area (Å²) in [5.41, 5.74) is 0. The molecule has 0 atom stereocenters. The van der Waals surface area contributed by atoms with Crippen LogP contribution in [-0.4, -0.2) is 13.2 Å². The summed E-state index contributed by atoms with van der Waals surface area (Å²) in [6.07, 6.45) is 15.6. The van der Waals surface area contributed by atoms with E-state index in [9.17, 15) is 0 Å². The minimum atomic E-state index is 0.835. The molecule has 94 valence electrons. The summed E-state index contributed by atoms with van der Waals surface area (Å²) < 4.78 is 5.76. The van der Waals surface area contributed by atoms with E-state index < -0.39 is 0 Å². The fraction of sp³-hybridized carbons (Fsp3) is 0.867.